The zero-order valence-electron chi connectivity index (χ0n) is 18.6. The van der Waals surface area contributed by atoms with Crippen LogP contribution in [0.5, 0.6) is 11.5 Å². The lowest BCUT2D eigenvalue weighted by Gasteiger charge is -2.16. The summed E-state index contributed by atoms with van der Waals surface area (Å²) >= 11 is 1.45. The molecular formula is C27H24N2O4S. The predicted molar refractivity (Wildman–Crippen MR) is 135 cm³/mol. The molecule has 34 heavy (non-hydrogen) atoms. The van der Waals surface area contributed by atoms with Gasteiger partial charge in [0.05, 0.1) is 11.5 Å². The van der Waals surface area contributed by atoms with Gasteiger partial charge in [-0.3, -0.25) is 9.59 Å². The Balaban J connectivity index is 1.35. The molecule has 1 atom stereocenters. The van der Waals surface area contributed by atoms with Crippen LogP contribution in [0, 0.1) is 0 Å². The third-order valence-electron chi connectivity index (χ3n) is 4.88. The summed E-state index contributed by atoms with van der Waals surface area (Å²) in [5, 5.41) is 5.49. The molecule has 1 heterocycles. The maximum atomic E-state index is 12.9. The van der Waals surface area contributed by atoms with Crippen molar-refractivity contribution < 1.29 is 18.7 Å². The second-order valence-electron chi connectivity index (χ2n) is 7.40. The Morgan fingerprint density at radius 2 is 1.62 bits per heavy atom. The quantitative estimate of drug-likeness (QED) is 0.261. The highest BCUT2D eigenvalue weighted by Crippen LogP contribution is 2.29. The third-order valence-corrected chi connectivity index (χ3v) is 6.24. The molecule has 1 aromatic heterocycles. The number of rotatable bonds is 9. The van der Waals surface area contributed by atoms with Gasteiger partial charge in [0.2, 0.25) is 5.91 Å². The van der Waals surface area contributed by atoms with Crippen molar-refractivity contribution in [1.82, 2.24) is 0 Å². The molecule has 4 rings (SSSR count). The molecule has 0 bridgehead atoms. The van der Waals surface area contributed by atoms with E-state index < -0.39 is 0 Å². The number of furan rings is 1. The van der Waals surface area contributed by atoms with Gasteiger partial charge in [-0.2, -0.15) is 0 Å². The number of hydrogen-bond donors (Lipinski definition) is 2. The van der Waals surface area contributed by atoms with Gasteiger partial charge in [-0.15, -0.1) is 11.8 Å². The Morgan fingerprint density at radius 1 is 0.853 bits per heavy atom. The van der Waals surface area contributed by atoms with Crippen LogP contribution in [0.2, 0.25) is 0 Å². The molecule has 0 saturated carbocycles. The maximum absolute atomic E-state index is 12.9. The van der Waals surface area contributed by atoms with E-state index in [9.17, 15) is 9.59 Å². The van der Waals surface area contributed by atoms with E-state index in [0.29, 0.717) is 23.5 Å². The van der Waals surface area contributed by atoms with Crippen LogP contribution in [0.4, 0.5) is 11.4 Å². The van der Waals surface area contributed by atoms with Gasteiger partial charge in [-0.05, 0) is 73.2 Å². The maximum Gasteiger partial charge on any atom is 0.291 e. The van der Waals surface area contributed by atoms with Crippen LogP contribution in [0.1, 0.15) is 23.9 Å². The lowest BCUT2D eigenvalue weighted by molar-refractivity contribution is -0.115. The molecule has 1 unspecified atom stereocenters. The molecule has 0 aliphatic rings. The normalized spacial score (nSPS) is 11.4. The minimum atomic E-state index is -0.323. The lowest BCUT2D eigenvalue weighted by atomic mass is 10.2. The molecular weight excluding hydrogens is 448 g/mol. The van der Waals surface area contributed by atoms with Gasteiger partial charge in [-0.25, -0.2) is 0 Å². The highest BCUT2D eigenvalue weighted by Gasteiger charge is 2.19. The van der Waals surface area contributed by atoms with Crippen LogP contribution in [-0.4, -0.2) is 17.1 Å². The van der Waals surface area contributed by atoms with E-state index in [-0.39, 0.29) is 22.8 Å². The number of thioether (sulfide) groups is 1. The highest BCUT2D eigenvalue weighted by molar-refractivity contribution is 8.00. The average molecular weight is 473 g/mol. The smallest absolute Gasteiger partial charge is 0.291 e. The number of anilines is 2. The fourth-order valence-corrected chi connectivity index (χ4v) is 4.20. The van der Waals surface area contributed by atoms with Crippen molar-refractivity contribution in [3.63, 3.8) is 0 Å². The first-order valence-corrected chi connectivity index (χ1v) is 11.7. The summed E-state index contributed by atoms with van der Waals surface area (Å²) in [4.78, 5) is 26.0. The van der Waals surface area contributed by atoms with E-state index >= 15 is 0 Å². The molecule has 0 radical (unpaired) electrons. The number of amides is 2. The molecule has 6 nitrogen and oxygen atoms in total. The topological polar surface area (TPSA) is 80.6 Å². The van der Waals surface area contributed by atoms with Gasteiger partial charge in [-0.1, -0.05) is 31.2 Å². The predicted octanol–water partition coefficient (Wildman–Crippen LogP) is 6.83. The molecule has 2 amide bonds. The zero-order chi connectivity index (χ0) is 23.8. The van der Waals surface area contributed by atoms with Crippen LogP contribution in [-0.2, 0) is 4.79 Å². The van der Waals surface area contributed by atoms with Crippen molar-refractivity contribution in [2.75, 3.05) is 10.6 Å². The van der Waals surface area contributed by atoms with Crippen LogP contribution in [0.25, 0.3) is 0 Å². The van der Waals surface area contributed by atoms with E-state index in [1.54, 1.807) is 18.2 Å². The summed E-state index contributed by atoms with van der Waals surface area (Å²) in [7, 11) is 0. The second-order valence-corrected chi connectivity index (χ2v) is 8.68. The van der Waals surface area contributed by atoms with Crippen LogP contribution in [0.3, 0.4) is 0 Å². The molecule has 3 aromatic carbocycles. The molecule has 0 spiro atoms. The average Bonchev–Trinajstić information content (AvgIpc) is 3.40. The molecule has 4 aromatic rings. The van der Waals surface area contributed by atoms with Crippen molar-refractivity contribution in [3.05, 3.63) is 103 Å². The van der Waals surface area contributed by atoms with Crippen molar-refractivity contribution in [3.8, 4) is 11.5 Å². The Hall–Kier alpha value is -3.97. The summed E-state index contributed by atoms with van der Waals surface area (Å²) in [6.07, 6.45) is 2.10. The number of hydrogen-bond acceptors (Lipinski definition) is 5. The molecule has 0 fully saturated rings. The Bertz CT molecular complexity index is 1230. The van der Waals surface area contributed by atoms with Gasteiger partial charge < -0.3 is 19.8 Å². The van der Waals surface area contributed by atoms with E-state index in [0.717, 1.165) is 10.6 Å². The lowest BCUT2D eigenvalue weighted by Crippen LogP contribution is -2.24. The minimum absolute atomic E-state index is 0.0887. The first-order chi connectivity index (χ1) is 16.6. The molecule has 172 valence electrons. The summed E-state index contributed by atoms with van der Waals surface area (Å²) in [5.74, 6) is 1.28. The molecule has 0 aliphatic heterocycles. The minimum Gasteiger partial charge on any atom is -0.459 e. The number of para-hydroxylation sites is 1. The van der Waals surface area contributed by atoms with Gasteiger partial charge in [0, 0.05) is 16.3 Å². The Kier molecular flexibility index (Phi) is 7.67. The van der Waals surface area contributed by atoms with Crippen molar-refractivity contribution >= 4 is 35.0 Å². The van der Waals surface area contributed by atoms with Crippen LogP contribution < -0.4 is 15.4 Å². The standard InChI is InChI=1S/C27H24N2O4S/c1-2-25(34-23-11-6-8-20(18-23)29-26(30)24-12-7-17-32-24)27(31)28-19-13-15-22(16-14-19)33-21-9-4-3-5-10-21/h3-18,25H,2H2,1H3,(H,28,31)(H,29,30). The number of carbonyl (C=O) groups is 2. The van der Waals surface area contributed by atoms with Gasteiger partial charge in [0.25, 0.3) is 5.91 Å². The molecule has 0 saturated heterocycles. The third kappa shape index (κ3) is 6.30. The van der Waals surface area contributed by atoms with E-state index in [2.05, 4.69) is 10.6 Å². The Morgan fingerprint density at radius 3 is 2.32 bits per heavy atom. The van der Waals surface area contributed by atoms with Gasteiger partial charge in [0.1, 0.15) is 11.5 Å². The van der Waals surface area contributed by atoms with Crippen molar-refractivity contribution in [1.29, 1.82) is 0 Å². The summed E-state index contributed by atoms with van der Waals surface area (Å²) < 4.78 is 10.9. The number of carbonyl (C=O) groups excluding carboxylic acids is 2. The van der Waals surface area contributed by atoms with Crippen LogP contribution >= 0.6 is 11.8 Å². The summed E-state index contributed by atoms with van der Waals surface area (Å²) in [6.45, 7) is 1.97. The fourth-order valence-electron chi connectivity index (χ4n) is 3.19. The number of ether oxygens (including phenoxy) is 1. The SMILES string of the molecule is CCC(Sc1cccc(NC(=O)c2ccco2)c1)C(=O)Nc1ccc(Oc2ccccc2)cc1. The summed E-state index contributed by atoms with van der Waals surface area (Å²) in [5.41, 5.74) is 1.33. The monoisotopic (exact) mass is 472 g/mol. The van der Waals surface area contributed by atoms with Crippen LogP contribution in [0.15, 0.2) is 107 Å². The molecule has 2 N–H and O–H groups in total. The van der Waals surface area contributed by atoms with Crippen molar-refractivity contribution in [2.24, 2.45) is 0 Å². The fraction of sp³-hybridized carbons (Fsp3) is 0.111. The molecule has 0 aliphatic carbocycles. The zero-order valence-corrected chi connectivity index (χ0v) is 19.4. The Labute approximate surface area is 202 Å². The molecule has 7 heteroatoms. The summed E-state index contributed by atoms with van der Waals surface area (Å²) in [6, 6.07) is 27.5. The highest BCUT2D eigenvalue weighted by atomic mass is 32.2. The van der Waals surface area contributed by atoms with E-state index in [1.165, 1.54) is 18.0 Å². The second kappa shape index (κ2) is 11.2. The van der Waals surface area contributed by atoms with Gasteiger partial charge in [0.15, 0.2) is 5.76 Å². The largest absolute Gasteiger partial charge is 0.459 e. The van der Waals surface area contributed by atoms with E-state index in [4.69, 9.17) is 9.15 Å². The van der Waals surface area contributed by atoms with E-state index in [1.807, 2.05) is 79.7 Å². The number of nitrogens with one attached hydrogen (secondary N) is 2. The van der Waals surface area contributed by atoms with Gasteiger partial charge >= 0.3 is 0 Å². The first kappa shape index (κ1) is 23.2. The number of benzene rings is 3. The van der Waals surface area contributed by atoms with Crippen molar-refractivity contribution in [2.45, 2.75) is 23.5 Å². The first-order valence-electron chi connectivity index (χ1n) is 10.9.